The zero-order valence-corrected chi connectivity index (χ0v) is 12.0. The smallest absolute Gasteiger partial charge is 0.239 e. The molecule has 0 spiro atoms. The van der Waals surface area contributed by atoms with Crippen molar-refractivity contribution >= 4 is 17.2 Å². The third-order valence-electron chi connectivity index (χ3n) is 3.51. The van der Waals surface area contributed by atoms with Crippen LogP contribution in [0.15, 0.2) is 17.5 Å². The van der Waals surface area contributed by atoms with Crippen molar-refractivity contribution in [3.05, 3.63) is 22.4 Å². The molecule has 0 radical (unpaired) electrons. The van der Waals surface area contributed by atoms with Gasteiger partial charge in [-0.2, -0.15) is 0 Å². The van der Waals surface area contributed by atoms with E-state index in [0.29, 0.717) is 0 Å². The molecule has 100 valence electrons. The Kier molecular flexibility index (Phi) is 4.78. The fourth-order valence-electron chi connectivity index (χ4n) is 2.45. The number of carbonyl (C=O) groups excluding carboxylic acids is 1. The minimum Gasteiger partial charge on any atom is -0.341 e. The summed E-state index contributed by atoms with van der Waals surface area (Å²) >= 11 is 1.73. The molecule has 18 heavy (non-hydrogen) atoms. The maximum absolute atomic E-state index is 12.3. The number of carbonyl (C=O) groups is 1. The third-order valence-corrected chi connectivity index (χ3v) is 4.56. The number of thiophene rings is 1. The van der Waals surface area contributed by atoms with Gasteiger partial charge in [0, 0.05) is 24.0 Å². The lowest BCUT2D eigenvalue weighted by Gasteiger charge is -2.30. The standard InChI is InChI=1S/C14H22N2OS/c1-11(13-7-6-10-18-13)15-12(2)14(17)16-8-4-3-5-9-16/h6-7,10-12,15H,3-5,8-9H2,1-2H3. The van der Waals surface area contributed by atoms with E-state index in [1.54, 1.807) is 11.3 Å². The van der Waals surface area contributed by atoms with Crippen LogP contribution < -0.4 is 5.32 Å². The minimum absolute atomic E-state index is 0.0970. The van der Waals surface area contributed by atoms with E-state index in [1.165, 1.54) is 11.3 Å². The highest BCUT2D eigenvalue weighted by atomic mass is 32.1. The maximum Gasteiger partial charge on any atom is 0.239 e. The molecule has 1 aromatic heterocycles. The van der Waals surface area contributed by atoms with E-state index in [4.69, 9.17) is 0 Å². The maximum atomic E-state index is 12.3. The molecule has 0 saturated carbocycles. The Morgan fingerprint density at radius 2 is 2.06 bits per heavy atom. The van der Waals surface area contributed by atoms with Gasteiger partial charge in [0.25, 0.3) is 0 Å². The predicted octanol–water partition coefficient (Wildman–Crippen LogP) is 2.80. The summed E-state index contributed by atoms with van der Waals surface area (Å²) in [5, 5.41) is 5.47. The molecule has 0 aromatic carbocycles. The van der Waals surface area contributed by atoms with Gasteiger partial charge in [0.2, 0.25) is 5.91 Å². The summed E-state index contributed by atoms with van der Waals surface area (Å²) in [5.74, 6) is 0.248. The molecule has 1 N–H and O–H groups in total. The van der Waals surface area contributed by atoms with Crippen molar-refractivity contribution in [2.45, 2.75) is 45.2 Å². The quantitative estimate of drug-likeness (QED) is 0.909. The predicted molar refractivity (Wildman–Crippen MR) is 75.8 cm³/mol. The number of nitrogens with one attached hydrogen (secondary N) is 1. The van der Waals surface area contributed by atoms with Crippen molar-refractivity contribution in [2.75, 3.05) is 13.1 Å². The molecule has 1 aromatic rings. The molecule has 0 bridgehead atoms. The van der Waals surface area contributed by atoms with Crippen molar-refractivity contribution in [1.29, 1.82) is 0 Å². The number of likely N-dealkylation sites (tertiary alicyclic amines) is 1. The number of hydrogen-bond acceptors (Lipinski definition) is 3. The Hall–Kier alpha value is -0.870. The van der Waals surface area contributed by atoms with Crippen LogP contribution in [0.2, 0.25) is 0 Å². The Bertz CT molecular complexity index is 371. The molecule has 2 heterocycles. The zero-order valence-electron chi connectivity index (χ0n) is 11.2. The third kappa shape index (κ3) is 3.33. The topological polar surface area (TPSA) is 32.3 Å². The van der Waals surface area contributed by atoms with Crippen LogP contribution in [-0.4, -0.2) is 29.9 Å². The van der Waals surface area contributed by atoms with Gasteiger partial charge in [0.1, 0.15) is 0 Å². The number of hydrogen-bond donors (Lipinski definition) is 1. The van der Waals surface area contributed by atoms with Crippen molar-refractivity contribution in [2.24, 2.45) is 0 Å². The van der Waals surface area contributed by atoms with Gasteiger partial charge in [-0.3, -0.25) is 10.1 Å². The molecule has 4 heteroatoms. The van der Waals surface area contributed by atoms with Crippen molar-refractivity contribution < 1.29 is 4.79 Å². The molecule has 1 aliphatic rings. The van der Waals surface area contributed by atoms with Crippen LogP contribution in [0.5, 0.6) is 0 Å². The number of nitrogens with zero attached hydrogens (tertiary/aromatic N) is 1. The highest BCUT2D eigenvalue weighted by Gasteiger charge is 2.23. The summed E-state index contributed by atoms with van der Waals surface area (Å²) in [6.07, 6.45) is 3.56. The van der Waals surface area contributed by atoms with Crippen molar-refractivity contribution in [3.8, 4) is 0 Å². The van der Waals surface area contributed by atoms with Gasteiger partial charge in [0.15, 0.2) is 0 Å². The molecule has 1 aliphatic heterocycles. The molecule has 0 aliphatic carbocycles. The van der Waals surface area contributed by atoms with Crippen LogP contribution in [0.3, 0.4) is 0 Å². The van der Waals surface area contributed by atoms with Crippen LogP contribution in [0.25, 0.3) is 0 Å². The Morgan fingerprint density at radius 1 is 1.33 bits per heavy atom. The number of amides is 1. The second kappa shape index (κ2) is 6.34. The first-order chi connectivity index (χ1) is 8.68. The number of rotatable bonds is 4. The lowest BCUT2D eigenvalue weighted by molar-refractivity contribution is -0.134. The molecular formula is C14H22N2OS. The summed E-state index contributed by atoms with van der Waals surface area (Å²) in [6, 6.07) is 4.31. The summed E-state index contributed by atoms with van der Waals surface area (Å²) < 4.78 is 0. The second-order valence-electron chi connectivity index (χ2n) is 5.01. The largest absolute Gasteiger partial charge is 0.341 e. The summed E-state index contributed by atoms with van der Waals surface area (Å²) in [6.45, 7) is 5.95. The molecule has 2 atom stereocenters. The highest BCUT2D eigenvalue weighted by molar-refractivity contribution is 7.10. The van der Waals surface area contributed by atoms with Crippen LogP contribution in [-0.2, 0) is 4.79 Å². The van der Waals surface area contributed by atoms with Crippen LogP contribution in [0.4, 0.5) is 0 Å². The van der Waals surface area contributed by atoms with Crippen LogP contribution in [0.1, 0.15) is 44.0 Å². The van der Waals surface area contributed by atoms with Gasteiger partial charge in [-0.05, 0) is 44.6 Å². The fraction of sp³-hybridized carbons (Fsp3) is 0.643. The first kappa shape index (κ1) is 13.6. The zero-order chi connectivity index (χ0) is 13.0. The van der Waals surface area contributed by atoms with E-state index >= 15 is 0 Å². The lowest BCUT2D eigenvalue weighted by atomic mass is 10.1. The van der Waals surface area contributed by atoms with Gasteiger partial charge >= 0.3 is 0 Å². The average Bonchev–Trinajstić information content (AvgIpc) is 2.92. The van der Waals surface area contributed by atoms with Crippen LogP contribution in [0, 0.1) is 0 Å². The first-order valence-corrected chi connectivity index (χ1v) is 7.64. The van der Waals surface area contributed by atoms with E-state index in [0.717, 1.165) is 25.9 Å². The Balaban J connectivity index is 1.86. The van der Waals surface area contributed by atoms with E-state index in [9.17, 15) is 4.79 Å². The van der Waals surface area contributed by atoms with E-state index in [2.05, 4.69) is 29.8 Å². The summed E-state index contributed by atoms with van der Waals surface area (Å²) in [4.78, 5) is 15.6. The van der Waals surface area contributed by atoms with Crippen molar-refractivity contribution in [1.82, 2.24) is 10.2 Å². The molecule has 3 nitrogen and oxygen atoms in total. The summed E-state index contributed by atoms with van der Waals surface area (Å²) in [7, 11) is 0. The Labute approximate surface area is 113 Å². The average molecular weight is 266 g/mol. The minimum atomic E-state index is -0.0970. The molecule has 2 rings (SSSR count). The molecule has 1 fully saturated rings. The van der Waals surface area contributed by atoms with Crippen LogP contribution >= 0.6 is 11.3 Å². The first-order valence-electron chi connectivity index (χ1n) is 6.76. The SMILES string of the molecule is CC(NC(C)c1cccs1)C(=O)N1CCCCC1. The van der Waals surface area contributed by atoms with E-state index < -0.39 is 0 Å². The Morgan fingerprint density at radius 3 is 2.67 bits per heavy atom. The van der Waals surface area contributed by atoms with Gasteiger partial charge in [0.05, 0.1) is 6.04 Å². The van der Waals surface area contributed by atoms with Crippen molar-refractivity contribution in [3.63, 3.8) is 0 Å². The highest BCUT2D eigenvalue weighted by Crippen LogP contribution is 2.19. The van der Waals surface area contributed by atoms with Gasteiger partial charge in [-0.1, -0.05) is 6.07 Å². The lowest BCUT2D eigenvalue weighted by Crippen LogP contribution is -2.47. The molecule has 1 saturated heterocycles. The van der Waals surface area contributed by atoms with Gasteiger partial charge in [-0.15, -0.1) is 11.3 Å². The monoisotopic (exact) mass is 266 g/mol. The van der Waals surface area contributed by atoms with E-state index in [1.807, 2.05) is 11.8 Å². The fourth-order valence-corrected chi connectivity index (χ4v) is 3.20. The molecular weight excluding hydrogens is 244 g/mol. The van der Waals surface area contributed by atoms with E-state index in [-0.39, 0.29) is 18.0 Å². The number of piperidine rings is 1. The molecule has 1 amide bonds. The second-order valence-corrected chi connectivity index (χ2v) is 5.99. The molecule has 2 unspecified atom stereocenters. The van der Waals surface area contributed by atoms with Gasteiger partial charge in [-0.25, -0.2) is 0 Å². The van der Waals surface area contributed by atoms with Gasteiger partial charge < -0.3 is 4.90 Å². The normalized spacial score (nSPS) is 19.6. The summed E-state index contributed by atoms with van der Waals surface area (Å²) in [5.41, 5.74) is 0.